The molecule has 1 amide bonds. The Labute approximate surface area is 191 Å². The van der Waals surface area contributed by atoms with E-state index in [-0.39, 0.29) is 17.9 Å². The molecule has 1 saturated heterocycles. The van der Waals surface area contributed by atoms with Gasteiger partial charge in [-0.05, 0) is 49.8 Å². The molecule has 2 fully saturated rings. The quantitative estimate of drug-likeness (QED) is 0.591. The number of carbonyl (C=O) groups excluding carboxylic acids is 1. The highest BCUT2D eigenvalue weighted by molar-refractivity contribution is 5.80. The SMILES string of the molecule is COc1cncc([C@@H]2CCON2C(=O)C2CCC(Cn3ncc4ccc(C#N)cc43)CC2)n1. The maximum atomic E-state index is 13.3. The number of nitrogens with zero attached hydrogens (tertiary/aromatic N) is 6. The van der Waals surface area contributed by atoms with Gasteiger partial charge in [0.15, 0.2) is 0 Å². The molecule has 0 unspecified atom stereocenters. The van der Waals surface area contributed by atoms with Crippen LogP contribution in [0, 0.1) is 23.2 Å². The summed E-state index contributed by atoms with van der Waals surface area (Å²) >= 11 is 0. The largest absolute Gasteiger partial charge is 0.480 e. The van der Waals surface area contributed by atoms with Crippen molar-refractivity contribution in [2.45, 2.75) is 44.7 Å². The minimum absolute atomic E-state index is 0.0313. The van der Waals surface area contributed by atoms with Crippen molar-refractivity contribution in [3.05, 3.63) is 48.0 Å². The molecule has 2 aromatic heterocycles. The van der Waals surface area contributed by atoms with E-state index in [1.54, 1.807) is 19.5 Å². The van der Waals surface area contributed by atoms with E-state index in [1.165, 1.54) is 5.06 Å². The highest BCUT2D eigenvalue weighted by atomic mass is 16.7. The Bertz CT molecular complexity index is 1190. The summed E-state index contributed by atoms with van der Waals surface area (Å²) in [5.74, 6) is 0.853. The molecule has 2 aliphatic rings. The van der Waals surface area contributed by atoms with E-state index >= 15 is 0 Å². The summed E-state index contributed by atoms with van der Waals surface area (Å²) in [6.07, 6.45) is 9.31. The van der Waals surface area contributed by atoms with Crippen molar-refractivity contribution in [1.82, 2.24) is 24.8 Å². The van der Waals surface area contributed by atoms with Crippen molar-refractivity contribution in [2.75, 3.05) is 13.7 Å². The molecule has 33 heavy (non-hydrogen) atoms. The lowest BCUT2D eigenvalue weighted by atomic mass is 9.81. The van der Waals surface area contributed by atoms with Gasteiger partial charge < -0.3 is 4.74 Å². The van der Waals surface area contributed by atoms with Crippen LogP contribution in [0.3, 0.4) is 0 Å². The zero-order chi connectivity index (χ0) is 22.8. The van der Waals surface area contributed by atoms with E-state index in [0.717, 1.165) is 43.1 Å². The number of hydrogen-bond acceptors (Lipinski definition) is 7. The monoisotopic (exact) mass is 446 g/mol. The molecule has 0 spiro atoms. The lowest BCUT2D eigenvalue weighted by molar-refractivity contribution is -0.183. The number of methoxy groups -OCH3 is 1. The number of fused-ring (bicyclic) bond motifs is 1. The number of aromatic nitrogens is 4. The topological polar surface area (TPSA) is 106 Å². The van der Waals surface area contributed by atoms with Gasteiger partial charge >= 0.3 is 0 Å². The number of hydrogen-bond donors (Lipinski definition) is 0. The van der Waals surface area contributed by atoms with Gasteiger partial charge in [-0.3, -0.25) is 19.3 Å². The molecule has 9 heteroatoms. The Morgan fingerprint density at radius 3 is 2.85 bits per heavy atom. The van der Waals surface area contributed by atoms with Crippen LogP contribution >= 0.6 is 0 Å². The Morgan fingerprint density at radius 1 is 1.21 bits per heavy atom. The van der Waals surface area contributed by atoms with Crippen LogP contribution < -0.4 is 4.74 Å². The fourth-order valence-electron chi connectivity index (χ4n) is 4.88. The predicted molar refractivity (Wildman–Crippen MR) is 119 cm³/mol. The molecule has 3 aromatic rings. The standard InChI is InChI=1S/C24H26N6O3/c1-32-23-14-26-13-20(28-23)21-8-9-33-30(21)24(31)18-5-2-16(3-6-18)15-29-22-10-17(11-25)4-7-19(22)12-27-29/h4,7,10,12-14,16,18,21H,2-3,5-6,8-9,15H2,1H3/t16?,18?,21-/m0/s1. The molecule has 1 saturated carbocycles. The van der Waals surface area contributed by atoms with Crippen molar-refractivity contribution in [3.8, 4) is 11.9 Å². The van der Waals surface area contributed by atoms with Crippen molar-refractivity contribution >= 4 is 16.8 Å². The summed E-state index contributed by atoms with van der Waals surface area (Å²) in [6.45, 7) is 1.28. The minimum atomic E-state index is -0.234. The molecule has 3 heterocycles. The molecular weight excluding hydrogens is 420 g/mol. The minimum Gasteiger partial charge on any atom is -0.480 e. The first-order valence-corrected chi connectivity index (χ1v) is 11.3. The second kappa shape index (κ2) is 9.16. The van der Waals surface area contributed by atoms with Gasteiger partial charge in [-0.15, -0.1) is 0 Å². The Hall–Kier alpha value is -3.51. The number of benzene rings is 1. The molecule has 1 aromatic carbocycles. The molecular formula is C24H26N6O3. The van der Waals surface area contributed by atoms with Gasteiger partial charge in [-0.2, -0.15) is 10.4 Å². The second-order valence-corrected chi connectivity index (χ2v) is 8.72. The zero-order valence-corrected chi connectivity index (χ0v) is 18.6. The van der Waals surface area contributed by atoms with Crippen LogP contribution in [0.15, 0.2) is 36.8 Å². The summed E-state index contributed by atoms with van der Waals surface area (Å²) in [6, 6.07) is 7.61. The molecule has 0 radical (unpaired) electrons. The third-order valence-electron chi connectivity index (χ3n) is 6.70. The summed E-state index contributed by atoms with van der Waals surface area (Å²) < 4.78 is 7.17. The second-order valence-electron chi connectivity index (χ2n) is 8.72. The number of ether oxygens (including phenoxy) is 1. The van der Waals surface area contributed by atoms with Crippen LogP contribution in [0.1, 0.15) is 49.4 Å². The number of amides is 1. The maximum absolute atomic E-state index is 13.3. The number of hydroxylamine groups is 2. The van der Waals surface area contributed by atoms with Gasteiger partial charge in [0, 0.05) is 24.3 Å². The smallest absolute Gasteiger partial charge is 0.249 e. The first-order valence-electron chi connectivity index (χ1n) is 11.3. The maximum Gasteiger partial charge on any atom is 0.249 e. The molecule has 5 rings (SSSR count). The highest BCUT2D eigenvalue weighted by Gasteiger charge is 2.38. The molecule has 1 aliphatic heterocycles. The average molecular weight is 447 g/mol. The number of nitriles is 1. The first kappa shape index (κ1) is 21.3. The predicted octanol–water partition coefficient (Wildman–Crippen LogP) is 3.42. The third kappa shape index (κ3) is 4.26. The summed E-state index contributed by atoms with van der Waals surface area (Å²) in [7, 11) is 1.55. The summed E-state index contributed by atoms with van der Waals surface area (Å²) in [5, 5.41) is 16.3. The molecule has 1 aliphatic carbocycles. The lowest BCUT2D eigenvalue weighted by Crippen LogP contribution is -2.37. The van der Waals surface area contributed by atoms with Gasteiger partial charge in [-0.1, -0.05) is 0 Å². The van der Waals surface area contributed by atoms with Gasteiger partial charge in [-0.25, -0.2) is 10.0 Å². The van der Waals surface area contributed by atoms with Gasteiger partial charge in [0.2, 0.25) is 11.8 Å². The van der Waals surface area contributed by atoms with Crippen LogP contribution in [0.5, 0.6) is 5.88 Å². The molecule has 0 bridgehead atoms. The van der Waals surface area contributed by atoms with Gasteiger partial charge in [0.05, 0.1) is 55.2 Å². The fraction of sp³-hybridized carbons (Fsp3) is 0.458. The Balaban J connectivity index is 1.22. The van der Waals surface area contributed by atoms with Gasteiger partial charge in [0.25, 0.3) is 0 Å². The first-order chi connectivity index (χ1) is 16.2. The molecule has 1 atom stereocenters. The van der Waals surface area contributed by atoms with Crippen molar-refractivity contribution < 1.29 is 14.4 Å². The zero-order valence-electron chi connectivity index (χ0n) is 18.6. The van der Waals surface area contributed by atoms with Crippen LogP contribution in [-0.4, -0.2) is 44.4 Å². The van der Waals surface area contributed by atoms with Crippen molar-refractivity contribution in [2.24, 2.45) is 11.8 Å². The van der Waals surface area contributed by atoms with Crippen molar-refractivity contribution in [1.29, 1.82) is 5.26 Å². The van der Waals surface area contributed by atoms with E-state index in [9.17, 15) is 10.1 Å². The van der Waals surface area contributed by atoms with Crippen LogP contribution in [-0.2, 0) is 16.2 Å². The summed E-state index contributed by atoms with van der Waals surface area (Å²) in [5.41, 5.74) is 2.32. The summed E-state index contributed by atoms with van der Waals surface area (Å²) in [4.78, 5) is 27.6. The average Bonchev–Trinajstić information content (AvgIpc) is 3.51. The molecule has 170 valence electrons. The third-order valence-corrected chi connectivity index (χ3v) is 6.70. The lowest BCUT2D eigenvalue weighted by Gasteiger charge is -2.31. The Kier molecular flexibility index (Phi) is 5.92. The normalized spacial score (nSPS) is 22.9. The molecule has 0 N–H and O–H groups in total. The highest BCUT2D eigenvalue weighted by Crippen LogP contribution is 2.36. The number of carbonyl (C=O) groups is 1. The van der Waals surface area contributed by atoms with Gasteiger partial charge in [0.1, 0.15) is 6.04 Å². The van der Waals surface area contributed by atoms with E-state index < -0.39 is 0 Å². The van der Waals surface area contributed by atoms with Crippen LogP contribution in [0.25, 0.3) is 10.9 Å². The van der Waals surface area contributed by atoms with E-state index in [4.69, 9.17) is 9.57 Å². The van der Waals surface area contributed by atoms with E-state index in [2.05, 4.69) is 21.1 Å². The van der Waals surface area contributed by atoms with Crippen LogP contribution in [0.2, 0.25) is 0 Å². The van der Waals surface area contributed by atoms with E-state index in [0.29, 0.717) is 36.1 Å². The van der Waals surface area contributed by atoms with E-state index in [1.807, 2.05) is 29.1 Å². The Morgan fingerprint density at radius 2 is 2.06 bits per heavy atom. The van der Waals surface area contributed by atoms with Crippen LogP contribution in [0.4, 0.5) is 0 Å². The fourth-order valence-corrected chi connectivity index (χ4v) is 4.88. The van der Waals surface area contributed by atoms with Crippen molar-refractivity contribution in [3.63, 3.8) is 0 Å². The number of rotatable bonds is 5. The molecule has 9 nitrogen and oxygen atoms in total.